The van der Waals surface area contributed by atoms with E-state index in [4.69, 9.17) is 4.74 Å². The number of amides is 2. The highest BCUT2D eigenvalue weighted by Crippen LogP contribution is 2.22. The monoisotopic (exact) mass is 292 g/mol. The Hall–Kier alpha value is -2.08. The molecule has 1 fully saturated rings. The summed E-state index contributed by atoms with van der Waals surface area (Å²) < 4.78 is 5.37. The maximum atomic E-state index is 12.4. The van der Waals surface area contributed by atoms with Crippen LogP contribution in [-0.2, 0) is 4.74 Å². The number of hydrogen-bond acceptors (Lipinski definition) is 3. The van der Waals surface area contributed by atoms with Crippen molar-refractivity contribution in [3.63, 3.8) is 0 Å². The van der Waals surface area contributed by atoms with E-state index in [1.165, 1.54) is 6.07 Å². The smallest absolute Gasteiger partial charge is 0.337 e. The largest absolute Gasteiger partial charge is 0.478 e. The summed E-state index contributed by atoms with van der Waals surface area (Å²) in [5.41, 5.74) is 1.19. The zero-order chi connectivity index (χ0) is 15.4. The van der Waals surface area contributed by atoms with Crippen LogP contribution >= 0.6 is 0 Å². The zero-order valence-corrected chi connectivity index (χ0v) is 12.3. The number of aromatic carboxylic acids is 1. The topological polar surface area (TPSA) is 78.9 Å². The first kappa shape index (κ1) is 15.3. The maximum absolute atomic E-state index is 12.4. The van der Waals surface area contributed by atoms with Gasteiger partial charge in [0.2, 0.25) is 0 Å². The fourth-order valence-electron chi connectivity index (χ4n) is 2.45. The number of carboxylic acids is 1. The number of nitrogens with zero attached hydrogens (tertiary/aromatic N) is 1. The first-order chi connectivity index (χ1) is 10.0. The van der Waals surface area contributed by atoms with Gasteiger partial charge < -0.3 is 20.1 Å². The van der Waals surface area contributed by atoms with Crippen molar-refractivity contribution >= 4 is 17.7 Å². The van der Waals surface area contributed by atoms with Crippen LogP contribution in [0.1, 0.15) is 29.3 Å². The Morgan fingerprint density at radius 3 is 2.90 bits per heavy atom. The second-order valence-corrected chi connectivity index (χ2v) is 5.06. The number of carboxylic acid groups (broad SMARTS) is 1. The molecule has 6 heteroatoms. The summed E-state index contributed by atoms with van der Waals surface area (Å²) in [5, 5.41) is 12.0. The molecule has 1 aliphatic heterocycles. The molecule has 0 spiro atoms. The minimum Gasteiger partial charge on any atom is -0.478 e. The number of hydrogen-bond donors (Lipinski definition) is 2. The molecule has 1 aromatic rings. The summed E-state index contributed by atoms with van der Waals surface area (Å²) in [6.07, 6.45) is 0.799. The number of benzene rings is 1. The third-order valence-corrected chi connectivity index (χ3v) is 3.69. The molecule has 0 bridgehead atoms. The quantitative estimate of drug-likeness (QED) is 0.896. The van der Waals surface area contributed by atoms with Gasteiger partial charge in [-0.2, -0.15) is 0 Å². The molecule has 2 amide bonds. The van der Waals surface area contributed by atoms with Gasteiger partial charge in [0.15, 0.2) is 0 Å². The van der Waals surface area contributed by atoms with Crippen LogP contribution in [-0.4, -0.2) is 47.8 Å². The highest BCUT2D eigenvalue weighted by atomic mass is 16.5. The maximum Gasteiger partial charge on any atom is 0.337 e. The molecule has 1 unspecified atom stereocenters. The third-order valence-electron chi connectivity index (χ3n) is 3.69. The number of anilines is 1. The molecule has 0 aromatic heterocycles. The second kappa shape index (κ2) is 6.58. The lowest BCUT2D eigenvalue weighted by molar-refractivity contribution is 0.0144. The number of urea groups is 1. The first-order valence-corrected chi connectivity index (χ1v) is 7.02. The average Bonchev–Trinajstić information content (AvgIpc) is 2.48. The lowest BCUT2D eigenvalue weighted by atomic mass is 10.1. The van der Waals surface area contributed by atoms with Crippen molar-refractivity contribution in [2.75, 3.05) is 25.1 Å². The Bertz CT molecular complexity index is 544. The van der Waals surface area contributed by atoms with E-state index in [0.717, 1.165) is 12.0 Å². The van der Waals surface area contributed by atoms with E-state index in [9.17, 15) is 14.7 Å². The van der Waals surface area contributed by atoms with Crippen LogP contribution in [0.4, 0.5) is 10.5 Å². The number of aryl methyl sites for hydroxylation is 1. The molecule has 0 aliphatic carbocycles. The predicted molar refractivity (Wildman–Crippen MR) is 78.8 cm³/mol. The van der Waals surface area contributed by atoms with E-state index in [-0.39, 0.29) is 17.6 Å². The first-order valence-electron chi connectivity index (χ1n) is 7.02. The standard InChI is InChI=1S/C15H20N2O4/c1-3-11-9-21-8-7-17(11)15(20)16-13-10(2)5-4-6-12(13)14(18)19/h4-6,11H,3,7-9H2,1-2H3,(H,16,20)(H,18,19). The van der Waals surface area contributed by atoms with Crippen molar-refractivity contribution in [2.24, 2.45) is 0 Å². The molecule has 6 nitrogen and oxygen atoms in total. The Morgan fingerprint density at radius 1 is 1.48 bits per heavy atom. The molecule has 1 aromatic carbocycles. The van der Waals surface area contributed by atoms with Gasteiger partial charge in [0.1, 0.15) is 0 Å². The number of morpholine rings is 1. The molecule has 0 saturated carbocycles. The van der Waals surface area contributed by atoms with Crippen LogP contribution in [0.2, 0.25) is 0 Å². The van der Waals surface area contributed by atoms with E-state index < -0.39 is 5.97 Å². The molecule has 1 heterocycles. The number of rotatable bonds is 3. The van der Waals surface area contributed by atoms with Gasteiger partial charge in [-0.3, -0.25) is 0 Å². The van der Waals surface area contributed by atoms with Gasteiger partial charge in [0, 0.05) is 6.54 Å². The number of carbonyl (C=O) groups is 2. The van der Waals surface area contributed by atoms with Crippen molar-refractivity contribution in [1.29, 1.82) is 0 Å². The van der Waals surface area contributed by atoms with E-state index in [0.29, 0.717) is 25.4 Å². The Kier molecular flexibility index (Phi) is 4.80. The lowest BCUT2D eigenvalue weighted by Gasteiger charge is -2.35. The van der Waals surface area contributed by atoms with Crippen LogP contribution < -0.4 is 5.32 Å². The van der Waals surface area contributed by atoms with Crippen LogP contribution in [0.3, 0.4) is 0 Å². The summed E-state index contributed by atoms with van der Waals surface area (Å²) in [6, 6.07) is 4.68. The molecular formula is C15H20N2O4. The molecular weight excluding hydrogens is 272 g/mol. The van der Waals surface area contributed by atoms with Gasteiger partial charge >= 0.3 is 12.0 Å². The minimum absolute atomic E-state index is 0.0241. The molecule has 0 radical (unpaired) electrons. The highest BCUT2D eigenvalue weighted by Gasteiger charge is 2.27. The summed E-state index contributed by atoms with van der Waals surface area (Å²) in [5.74, 6) is -1.05. The van der Waals surface area contributed by atoms with Crippen molar-refractivity contribution in [1.82, 2.24) is 4.90 Å². The number of para-hydroxylation sites is 1. The molecule has 1 saturated heterocycles. The molecule has 1 atom stereocenters. The summed E-state index contributed by atoms with van der Waals surface area (Å²) >= 11 is 0. The highest BCUT2D eigenvalue weighted by molar-refractivity contribution is 6.01. The van der Waals surface area contributed by atoms with Crippen LogP contribution in [0.5, 0.6) is 0 Å². The Morgan fingerprint density at radius 2 is 2.24 bits per heavy atom. The number of ether oxygens (including phenoxy) is 1. The van der Waals surface area contributed by atoms with Crippen LogP contribution in [0.25, 0.3) is 0 Å². The Balaban J connectivity index is 2.21. The van der Waals surface area contributed by atoms with Gasteiger partial charge in [0.05, 0.1) is 30.5 Å². The predicted octanol–water partition coefficient (Wildman–Crippen LogP) is 2.34. The molecule has 21 heavy (non-hydrogen) atoms. The van der Waals surface area contributed by atoms with Crippen LogP contribution in [0, 0.1) is 6.92 Å². The van der Waals surface area contributed by atoms with Crippen molar-refractivity contribution in [3.8, 4) is 0 Å². The summed E-state index contributed by atoms with van der Waals surface area (Å²) in [7, 11) is 0. The van der Waals surface area contributed by atoms with Gasteiger partial charge in [-0.05, 0) is 25.0 Å². The van der Waals surface area contributed by atoms with E-state index in [2.05, 4.69) is 5.32 Å². The Labute approximate surface area is 123 Å². The summed E-state index contributed by atoms with van der Waals surface area (Å²) in [4.78, 5) is 25.4. The van der Waals surface area contributed by atoms with Gasteiger partial charge in [-0.1, -0.05) is 19.1 Å². The molecule has 1 aliphatic rings. The number of nitrogens with one attached hydrogen (secondary N) is 1. The SMILES string of the molecule is CCC1COCCN1C(=O)Nc1c(C)cccc1C(=O)O. The molecule has 114 valence electrons. The number of carbonyl (C=O) groups excluding carboxylic acids is 1. The van der Waals surface area contributed by atoms with E-state index in [1.807, 2.05) is 6.92 Å². The van der Waals surface area contributed by atoms with Gasteiger partial charge in [-0.15, -0.1) is 0 Å². The minimum atomic E-state index is -1.05. The van der Waals surface area contributed by atoms with E-state index >= 15 is 0 Å². The lowest BCUT2D eigenvalue weighted by Crippen LogP contribution is -2.50. The molecule has 2 N–H and O–H groups in total. The van der Waals surface area contributed by atoms with Crippen molar-refractivity contribution in [3.05, 3.63) is 29.3 Å². The van der Waals surface area contributed by atoms with Crippen molar-refractivity contribution < 1.29 is 19.4 Å². The normalized spacial score (nSPS) is 18.4. The summed E-state index contributed by atoms with van der Waals surface area (Å²) in [6.45, 7) is 5.31. The van der Waals surface area contributed by atoms with Crippen molar-refractivity contribution in [2.45, 2.75) is 26.3 Å². The fraction of sp³-hybridized carbons (Fsp3) is 0.467. The second-order valence-electron chi connectivity index (χ2n) is 5.06. The molecule has 2 rings (SSSR count). The van der Waals surface area contributed by atoms with E-state index in [1.54, 1.807) is 24.0 Å². The zero-order valence-electron chi connectivity index (χ0n) is 12.3. The third kappa shape index (κ3) is 3.33. The fourth-order valence-corrected chi connectivity index (χ4v) is 2.45. The van der Waals surface area contributed by atoms with Crippen LogP contribution in [0.15, 0.2) is 18.2 Å². The van der Waals surface area contributed by atoms with Gasteiger partial charge in [-0.25, -0.2) is 9.59 Å². The van der Waals surface area contributed by atoms with Gasteiger partial charge in [0.25, 0.3) is 0 Å². The average molecular weight is 292 g/mol.